The van der Waals surface area contributed by atoms with E-state index in [1.54, 1.807) is 6.92 Å². The van der Waals surface area contributed by atoms with Crippen LogP contribution in [0.25, 0.3) is 0 Å². The summed E-state index contributed by atoms with van der Waals surface area (Å²) in [5, 5.41) is -1.42. The molecule has 1 unspecified atom stereocenters. The van der Waals surface area contributed by atoms with Gasteiger partial charge < -0.3 is 4.74 Å². The van der Waals surface area contributed by atoms with Crippen molar-refractivity contribution < 1.29 is 32.1 Å². The van der Waals surface area contributed by atoms with Crippen molar-refractivity contribution in [3.8, 4) is 0 Å². The summed E-state index contributed by atoms with van der Waals surface area (Å²) in [6, 6.07) is -0.560. The van der Waals surface area contributed by atoms with Crippen LogP contribution in [0.1, 0.15) is 26.7 Å². The van der Waals surface area contributed by atoms with Crippen LogP contribution in [0.2, 0.25) is 0 Å². The number of urea groups is 1. The SMILES string of the molecule is CCOC(=O)C1CCN(S(=O)(=O)C2C(=O)N(C)C(=O)[N+](C)=C2C)CC1. The number of imide groups is 1. The van der Waals surface area contributed by atoms with Gasteiger partial charge in [0.15, 0.2) is 0 Å². The Labute approximate surface area is 147 Å². The zero-order chi connectivity index (χ0) is 18.9. The molecule has 25 heavy (non-hydrogen) atoms. The third kappa shape index (κ3) is 3.45. The molecule has 1 fully saturated rings. The summed E-state index contributed by atoms with van der Waals surface area (Å²) >= 11 is 0. The van der Waals surface area contributed by atoms with E-state index in [1.807, 2.05) is 0 Å². The van der Waals surface area contributed by atoms with E-state index in [9.17, 15) is 22.8 Å². The van der Waals surface area contributed by atoms with Gasteiger partial charge >= 0.3 is 17.9 Å². The lowest BCUT2D eigenvalue weighted by Crippen LogP contribution is -2.60. The molecule has 0 spiro atoms. The van der Waals surface area contributed by atoms with Crippen molar-refractivity contribution in [3.05, 3.63) is 0 Å². The number of esters is 1. The number of hydrogen-bond acceptors (Lipinski definition) is 6. The minimum Gasteiger partial charge on any atom is -0.466 e. The summed E-state index contributed by atoms with van der Waals surface area (Å²) in [4.78, 5) is 36.9. The molecule has 0 N–H and O–H groups in total. The topological polar surface area (TPSA) is 104 Å². The predicted octanol–water partition coefficient (Wildman–Crippen LogP) is -0.345. The van der Waals surface area contributed by atoms with Gasteiger partial charge in [0, 0.05) is 13.1 Å². The highest BCUT2D eigenvalue weighted by Gasteiger charge is 2.52. The number of carbonyl (C=O) groups excluding carboxylic acids is 3. The molecule has 0 aromatic carbocycles. The van der Waals surface area contributed by atoms with Crippen molar-refractivity contribution in [1.82, 2.24) is 9.21 Å². The first-order valence-corrected chi connectivity index (χ1v) is 9.67. The Hall–Kier alpha value is -1.81. The first kappa shape index (κ1) is 19.5. The van der Waals surface area contributed by atoms with E-state index in [0.29, 0.717) is 12.8 Å². The van der Waals surface area contributed by atoms with E-state index in [0.717, 1.165) is 4.90 Å². The Morgan fingerprint density at radius 1 is 1.28 bits per heavy atom. The van der Waals surface area contributed by atoms with Crippen molar-refractivity contribution in [1.29, 1.82) is 0 Å². The predicted molar refractivity (Wildman–Crippen MR) is 88.7 cm³/mol. The van der Waals surface area contributed by atoms with Crippen LogP contribution in [0.3, 0.4) is 0 Å². The highest BCUT2D eigenvalue weighted by molar-refractivity contribution is 7.91. The molecule has 2 aliphatic rings. The first-order valence-electron chi connectivity index (χ1n) is 8.17. The first-order chi connectivity index (χ1) is 11.6. The van der Waals surface area contributed by atoms with Gasteiger partial charge in [0.2, 0.25) is 15.3 Å². The van der Waals surface area contributed by atoms with Crippen molar-refractivity contribution in [2.75, 3.05) is 33.8 Å². The van der Waals surface area contributed by atoms with Crippen LogP contribution < -0.4 is 0 Å². The third-order valence-electron chi connectivity index (χ3n) is 4.77. The fourth-order valence-corrected chi connectivity index (χ4v) is 5.12. The Kier molecular flexibility index (Phi) is 5.62. The molecular weight excluding hydrogens is 350 g/mol. The van der Waals surface area contributed by atoms with Crippen LogP contribution >= 0.6 is 0 Å². The van der Waals surface area contributed by atoms with Gasteiger partial charge in [-0.3, -0.25) is 4.79 Å². The molecule has 9 nitrogen and oxygen atoms in total. The van der Waals surface area contributed by atoms with Gasteiger partial charge in [0.1, 0.15) is 5.71 Å². The fourth-order valence-electron chi connectivity index (χ4n) is 3.10. The van der Waals surface area contributed by atoms with Crippen molar-refractivity contribution in [2.24, 2.45) is 5.92 Å². The van der Waals surface area contributed by atoms with E-state index in [-0.39, 0.29) is 37.3 Å². The molecule has 1 saturated heterocycles. The highest BCUT2D eigenvalue weighted by Crippen LogP contribution is 2.25. The van der Waals surface area contributed by atoms with E-state index in [2.05, 4.69) is 0 Å². The van der Waals surface area contributed by atoms with Gasteiger partial charge in [-0.1, -0.05) is 0 Å². The molecule has 2 rings (SSSR count). The number of sulfonamides is 1. The van der Waals surface area contributed by atoms with Crippen LogP contribution in [-0.2, 0) is 24.3 Å². The van der Waals surface area contributed by atoms with E-state index in [4.69, 9.17) is 4.74 Å². The molecule has 10 heteroatoms. The van der Waals surface area contributed by atoms with Crippen LogP contribution in [0.4, 0.5) is 4.79 Å². The van der Waals surface area contributed by atoms with E-state index >= 15 is 0 Å². The number of nitrogens with zero attached hydrogens (tertiary/aromatic N) is 3. The molecule has 2 aliphatic heterocycles. The molecule has 2 heterocycles. The zero-order valence-electron chi connectivity index (χ0n) is 14.9. The smallest absolute Gasteiger partial charge is 0.466 e. The molecule has 0 bridgehead atoms. The highest BCUT2D eigenvalue weighted by atomic mass is 32.2. The zero-order valence-corrected chi connectivity index (χ0v) is 15.7. The van der Waals surface area contributed by atoms with Gasteiger partial charge in [0.05, 0.1) is 26.6 Å². The Balaban J connectivity index is 2.21. The Morgan fingerprint density at radius 3 is 2.36 bits per heavy atom. The second kappa shape index (κ2) is 7.20. The summed E-state index contributed by atoms with van der Waals surface area (Å²) < 4.78 is 33.3. The lowest BCUT2D eigenvalue weighted by Gasteiger charge is -2.33. The number of rotatable bonds is 4. The summed E-state index contributed by atoms with van der Waals surface area (Å²) in [7, 11) is -1.27. The Morgan fingerprint density at radius 2 is 1.84 bits per heavy atom. The van der Waals surface area contributed by atoms with Gasteiger partial charge in [0.25, 0.3) is 0 Å². The quantitative estimate of drug-likeness (QED) is 0.492. The molecule has 0 aromatic heterocycles. The van der Waals surface area contributed by atoms with E-state index < -0.39 is 27.2 Å². The number of carbonyl (C=O) groups is 3. The second-order valence-electron chi connectivity index (χ2n) is 6.23. The normalized spacial score (nSPS) is 24.0. The summed E-state index contributed by atoms with van der Waals surface area (Å²) in [5.41, 5.74) is 0.181. The summed E-state index contributed by atoms with van der Waals surface area (Å²) in [5.74, 6) is -1.40. The fraction of sp³-hybridized carbons (Fsp3) is 0.733. The van der Waals surface area contributed by atoms with Crippen molar-refractivity contribution in [3.63, 3.8) is 0 Å². The summed E-state index contributed by atoms with van der Waals surface area (Å²) in [6.45, 7) is 3.76. The molecule has 0 aromatic rings. The number of ether oxygens (including phenoxy) is 1. The third-order valence-corrected chi connectivity index (χ3v) is 6.99. The minimum atomic E-state index is -3.98. The Bertz CT molecular complexity index is 722. The van der Waals surface area contributed by atoms with Gasteiger partial charge in [-0.15, -0.1) is 0 Å². The van der Waals surface area contributed by atoms with Crippen molar-refractivity contribution in [2.45, 2.75) is 31.9 Å². The van der Waals surface area contributed by atoms with Gasteiger partial charge in [-0.05, 0) is 26.7 Å². The molecule has 1 atom stereocenters. The van der Waals surface area contributed by atoms with Crippen LogP contribution in [0.5, 0.6) is 0 Å². The van der Waals surface area contributed by atoms with Crippen LogP contribution in [0, 0.1) is 5.92 Å². The monoisotopic (exact) mass is 374 g/mol. The average Bonchev–Trinajstić information content (AvgIpc) is 2.58. The van der Waals surface area contributed by atoms with Gasteiger partial charge in [-0.25, -0.2) is 17.5 Å². The molecule has 0 saturated carbocycles. The standard InChI is InChI=1S/C15H24N3O6S/c1-5-24-14(20)11-6-8-18(9-7-11)25(22,23)12-10(2)16(3)15(21)17(4)13(12)19/h11-12H,5-9H2,1-4H3/q+1. The lowest BCUT2D eigenvalue weighted by atomic mass is 9.98. The second-order valence-corrected chi connectivity index (χ2v) is 8.25. The largest absolute Gasteiger partial charge is 0.500 e. The minimum absolute atomic E-state index is 0.143. The van der Waals surface area contributed by atoms with E-state index in [1.165, 1.54) is 29.9 Å². The summed E-state index contributed by atoms with van der Waals surface area (Å²) in [6.07, 6.45) is 0.700. The molecular formula is C15H24N3O6S+. The maximum atomic E-state index is 13.0. The maximum absolute atomic E-state index is 13.0. The lowest BCUT2D eigenvalue weighted by molar-refractivity contribution is -0.405. The van der Waals surface area contributed by atoms with Gasteiger partial charge in [-0.2, -0.15) is 14.3 Å². The average molecular weight is 374 g/mol. The number of piperidine rings is 1. The maximum Gasteiger partial charge on any atom is 0.500 e. The van der Waals surface area contributed by atoms with Crippen LogP contribution in [0.15, 0.2) is 0 Å². The number of amides is 3. The number of hydrogen-bond donors (Lipinski definition) is 0. The molecule has 0 aliphatic carbocycles. The molecule has 0 radical (unpaired) electrons. The molecule has 3 amide bonds. The molecule has 140 valence electrons. The van der Waals surface area contributed by atoms with Crippen molar-refractivity contribution >= 4 is 33.6 Å². The van der Waals surface area contributed by atoms with Crippen LogP contribution in [-0.4, -0.2) is 84.9 Å².